The van der Waals surface area contributed by atoms with Gasteiger partial charge in [-0.05, 0) is 31.1 Å². The fourth-order valence-corrected chi connectivity index (χ4v) is 4.64. The number of urea groups is 1. The summed E-state index contributed by atoms with van der Waals surface area (Å²) in [5.74, 6) is 1.76. The van der Waals surface area contributed by atoms with Crippen molar-refractivity contribution in [3.63, 3.8) is 0 Å². The quantitative estimate of drug-likeness (QED) is 0.736. The van der Waals surface area contributed by atoms with E-state index in [-0.39, 0.29) is 17.7 Å². The Labute approximate surface area is 164 Å². The van der Waals surface area contributed by atoms with Gasteiger partial charge in [0.05, 0.1) is 5.75 Å². The molecule has 0 unspecified atom stereocenters. The third-order valence-electron chi connectivity index (χ3n) is 5.98. The van der Waals surface area contributed by atoms with Gasteiger partial charge in [-0.1, -0.05) is 57.7 Å². The van der Waals surface area contributed by atoms with Gasteiger partial charge in [-0.25, -0.2) is 4.79 Å². The van der Waals surface area contributed by atoms with Crippen molar-refractivity contribution in [3.8, 4) is 0 Å². The molecule has 2 saturated carbocycles. The second-order valence-corrected chi connectivity index (χ2v) is 8.85. The number of carbonyl (C=O) groups excluding carboxylic acids is 2. The Morgan fingerprint density at radius 3 is 2.63 bits per heavy atom. The molecular weight excluding hydrogens is 364 g/mol. The number of carbonyl (C=O) groups is 2. The summed E-state index contributed by atoms with van der Waals surface area (Å²) in [7, 11) is 0. The van der Waals surface area contributed by atoms with E-state index in [1.807, 2.05) is 0 Å². The SMILES string of the molecule is C[C@@H]1[C@H](C)CCC[C@H]1NC(=O)NC(=O)CSc1nnc(C2CCCCC2)o1. The fourth-order valence-electron chi connectivity index (χ4n) is 4.07. The summed E-state index contributed by atoms with van der Waals surface area (Å²) in [6, 6.07) is -0.289. The van der Waals surface area contributed by atoms with Crippen molar-refractivity contribution in [2.45, 2.75) is 82.4 Å². The van der Waals surface area contributed by atoms with E-state index in [0.29, 0.717) is 28.9 Å². The van der Waals surface area contributed by atoms with E-state index in [1.54, 1.807) is 0 Å². The molecule has 150 valence electrons. The van der Waals surface area contributed by atoms with Crippen LogP contribution in [0.2, 0.25) is 0 Å². The molecule has 1 heterocycles. The van der Waals surface area contributed by atoms with E-state index in [4.69, 9.17) is 4.42 Å². The number of rotatable bonds is 5. The van der Waals surface area contributed by atoms with E-state index in [0.717, 1.165) is 25.7 Å². The monoisotopic (exact) mass is 394 g/mol. The Morgan fingerprint density at radius 2 is 1.85 bits per heavy atom. The van der Waals surface area contributed by atoms with Gasteiger partial charge in [-0.15, -0.1) is 10.2 Å². The minimum atomic E-state index is -0.417. The van der Waals surface area contributed by atoms with E-state index in [2.05, 4.69) is 34.7 Å². The van der Waals surface area contributed by atoms with Crippen molar-refractivity contribution in [2.75, 3.05) is 5.75 Å². The van der Waals surface area contributed by atoms with Gasteiger partial charge >= 0.3 is 6.03 Å². The first kappa shape index (κ1) is 20.2. The number of imide groups is 1. The molecule has 0 aliphatic heterocycles. The highest BCUT2D eigenvalue weighted by Gasteiger charge is 2.28. The normalized spacial score (nSPS) is 26.5. The van der Waals surface area contributed by atoms with Gasteiger partial charge in [0.1, 0.15) is 0 Å². The maximum atomic E-state index is 12.1. The summed E-state index contributed by atoms with van der Waals surface area (Å²) < 4.78 is 5.69. The first-order chi connectivity index (χ1) is 13.0. The average molecular weight is 395 g/mol. The van der Waals surface area contributed by atoms with Crippen molar-refractivity contribution in [2.24, 2.45) is 11.8 Å². The first-order valence-corrected chi connectivity index (χ1v) is 11.1. The molecule has 8 heteroatoms. The molecule has 3 amide bonds. The second kappa shape index (κ2) is 9.57. The van der Waals surface area contributed by atoms with E-state index < -0.39 is 6.03 Å². The van der Waals surface area contributed by atoms with Crippen LogP contribution in [0.15, 0.2) is 9.64 Å². The molecule has 1 aromatic heterocycles. The molecule has 0 saturated heterocycles. The zero-order chi connectivity index (χ0) is 19.2. The lowest BCUT2D eigenvalue weighted by Gasteiger charge is -2.34. The highest BCUT2D eigenvalue weighted by molar-refractivity contribution is 7.99. The van der Waals surface area contributed by atoms with Crippen LogP contribution in [-0.4, -0.2) is 33.9 Å². The average Bonchev–Trinajstić information content (AvgIpc) is 3.14. The Balaban J connectivity index is 1.40. The van der Waals surface area contributed by atoms with E-state index in [9.17, 15) is 9.59 Å². The number of thioether (sulfide) groups is 1. The molecule has 2 fully saturated rings. The van der Waals surface area contributed by atoms with Gasteiger partial charge in [0.25, 0.3) is 5.22 Å². The molecular formula is C19H30N4O3S. The molecule has 27 heavy (non-hydrogen) atoms. The van der Waals surface area contributed by atoms with Gasteiger partial charge < -0.3 is 9.73 Å². The second-order valence-electron chi connectivity index (χ2n) is 7.93. The van der Waals surface area contributed by atoms with Crippen LogP contribution in [0.5, 0.6) is 0 Å². The molecule has 2 aliphatic carbocycles. The summed E-state index contributed by atoms with van der Waals surface area (Å²) in [6.45, 7) is 4.37. The fraction of sp³-hybridized carbons (Fsp3) is 0.789. The summed E-state index contributed by atoms with van der Waals surface area (Å²) in [5, 5.41) is 13.9. The van der Waals surface area contributed by atoms with Crippen LogP contribution in [0.4, 0.5) is 4.79 Å². The molecule has 2 aliphatic rings. The standard InChI is InChI=1S/C19H30N4O3S/c1-12-7-6-10-15(13(12)2)20-18(25)21-16(24)11-27-19-23-22-17(26-19)14-8-4-3-5-9-14/h12-15H,3-11H2,1-2H3,(H2,20,21,24,25)/t12-,13-,15-/m1/s1. The van der Waals surface area contributed by atoms with Crippen molar-refractivity contribution >= 4 is 23.7 Å². The minimum absolute atomic E-state index is 0.0797. The number of hydrogen-bond donors (Lipinski definition) is 2. The van der Waals surface area contributed by atoms with Gasteiger partial charge in [-0.3, -0.25) is 10.1 Å². The van der Waals surface area contributed by atoms with Crippen LogP contribution < -0.4 is 10.6 Å². The zero-order valence-corrected chi connectivity index (χ0v) is 17.0. The van der Waals surface area contributed by atoms with E-state index in [1.165, 1.54) is 37.4 Å². The third-order valence-corrected chi connectivity index (χ3v) is 6.80. The summed E-state index contributed by atoms with van der Waals surface area (Å²) in [4.78, 5) is 24.1. The number of aromatic nitrogens is 2. The van der Waals surface area contributed by atoms with Crippen molar-refractivity contribution in [1.82, 2.24) is 20.8 Å². The summed E-state index contributed by atoms with van der Waals surface area (Å²) in [6.07, 6.45) is 9.12. The van der Waals surface area contributed by atoms with Crippen LogP contribution in [0.1, 0.15) is 77.0 Å². The number of nitrogens with one attached hydrogen (secondary N) is 2. The molecule has 1 aromatic rings. The van der Waals surface area contributed by atoms with Crippen LogP contribution in [-0.2, 0) is 4.79 Å². The Hall–Kier alpha value is -1.57. The topological polar surface area (TPSA) is 97.1 Å². The number of hydrogen-bond acceptors (Lipinski definition) is 6. The maximum Gasteiger partial charge on any atom is 0.321 e. The summed E-state index contributed by atoms with van der Waals surface area (Å²) >= 11 is 1.17. The van der Waals surface area contributed by atoms with Crippen molar-refractivity contribution in [1.29, 1.82) is 0 Å². The molecule has 0 bridgehead atoms. The molecule has 3 atom stereocenters. The van der Waals surface area contributed by atoms with Crippen LogP contribution in [0.3, 0.4) is 0 Å². The molecule has 3 rings (SSSR count). The molecule has 7 nitrogen and oxygen atoms in total. The number of amides is 3. The Kier molecular flexibility index (Phi) is 7.15. The number of nitrogens with zero attached hydrogens (tertiary/aromatic N) is 2. The lowest BCUT2D eigenvalue weighted by Crippen LogP contribution is -2.49. The highest BCUT2D eigenvalue weighted by atomic mass is 32.2. The first-order valence-electron chi connectivity index (χ1n) is 10.1. The smallest absolute Gasteiger partial charge is 0.321 e. The predicted octanol–water partition coefficient (Wildman–Crippen LogP) is 3.86. The van der Waals surface area contributed by atoms with Crippen molar-refractivity contribution in [3.05, 3.63) is 5.89 Å². The van der Waals surface area contributed by atoms with Gasteiger partial charge in [0.15, 0.2) is 0 Å². The maximum absolute atomic E-state index is 12.1. The summed E-state index contributed by atoms with van der Waals surface area (Å²) in [5.41, 5.74) is 0. The van der Waals surface area contributed by atoms with E-state index >= 15 is 0 Å². The Bertz CT molecular complexity index is 645. The van der Waals surface area contributed by atoms with Gasteiger partial charge in [0.2, 0.25) is 11.8 Å². The lowest BCUT2D eigenvalue weighted by molar-refractivity contribution is -0.117. The zero-order valence-electron chi connectivity index (χ0n) is 16.2. The van der Waals surface area contributed by atoms with Crippen LogP contribution >= 0.6 is 11.8 Å². The molecule has 2 N–H and O–H groups in total. The molecule has 0 radical (unpaired) electrons. The Morgan fingerprint density at radius 1 is 1.07 bits per heavy atom. The minimum Gasteiger partial charge on any atom is -0.416 e. The highest BCUT2D eigenvalue weighted by Crippen LogP contribution is 2.33. The van der Waals surface area contributed by atoms with Crippen LogP contribution in [0, 0.1) is 11.8 Å². The molecule has 0 aromatic carbocycles. The largest absolute Gasteiger partial charge is 0.416 e. The van der Waals surface area contributed by atoms with Crippen LogP contribution in [0.25, 0.3) is 0 Å². The third kappa shape index (κ3) is 5.70. The van der Waals surface area contributed by atoms with Gasteiger partial charge in [-0.2, -0.15) is 0 Å². The van der Waals surface area contributed by atoms with Gasteiger partial charge in [0, 0.05) is 12.0 Å². The van der Waals surface area contributed by atoms with Crippen molar-refractivity contribution < 1.29 is 14.0 Å². The lowest BCUT2D eigenvalue weighted by atomic mass is 9.78. The molecule has 0 spiro atoms. The predicted molar refractivity (Wildman–Crippen MR) is 103 cm³/mol.